The maximum absolute atomic E-state index is 11.6. The van der Waals surface area contributed by atoms with Crippen molar-refractivity contribution in [3.8, 4) is 5.75 Å². The Morgan fingerprint density at radius 2 is 2.12 bits per heavy atom. The molecule has 0 N–H and O–H groups in total. The van der Waals surface area contributed by atoms with E-state index in [2.05, 4.69) is 10.1 Å². The highest BCUT2D eigenvalue weighted by Gasteiger charge is 2.12. The average molecular weight is 324 g/mol. The summed E-state index contributed by atoms with van der Waals surface area (Å²) in [5, 5.41) is 4.66. The average Bonchev–Trinajstić information content (AvgIpc) is 3.08. The minimum absolute atomic E-state index is 0.151. The zero-order valence-electron chi connectivity index (χ0n) is 13.4. The zero-order chi connectivity index (χ0) is 16.9. The van der Waals surface area contributed by atoms with Gasteiger partial charge in [-0.25, -0.2) is 4.79 Å². The van der Waals surface area contributed by atoms with E-state index in [0.717, 1.165) is 22.2 Å². The van der Waals surface area contributed by atoms with E-state index in [0.29, 0.717) is 12.4 Å². The Balaban J connectivity index is 1.89. The largest absolute Gasteiger partial charge is 0.497 e. The number of ether oxygens (including phenoxy) is 2. The summed E-state index contributed by atoms with van der Waals surface area (Å²) in [6, 6.07) is 9.12. The number of nitrogens with zero attached hydrogens (tertiary/aromatic N) is 2. The first-order chi connectivity index (χ1) is 11.7. The van der Waals surface area contributed by atoms with Crippen LogP contribution in [0.25, 0.3) is 23.1 Å². The van der Waals surface area contributed by atoms with Gasteiger partial charge in [-0.05, 0) is 42.8 Å². The molecule has 2 heterocycles. The first-order valence-electron chi connectivity index (χ1n) is 7.46. The number of carbonyl (C=O) groups excluding carboxylic acids is 1. The lowest BCUT2D eigenvalue weighted by atomic mass is 10.1. The second kappa shape index (κ2) is 6.95. The van der Waals surface area contributed by atoms with Crippen molar-refractivity contribution in [1.82, 2.24) is 10.1 Å². The molecule has 3 aromatic rings. The molecule has 6 heteroatoms. The van der Waals surface area contributed by atoms with Gasteiger partial charge in [-0.15, -0.1) is 0 Å². The van der Waals surface area contributed by atoms with Gasteiger partial charge in [0.2, 0.25) is 0 Å². The molecule has 0 amide bonds. The minimum Gasteiger partial charge on any atom is -0.497 e. The Bertz CT molecular complexity index is 899. The van der Waals surface area contributed by atoms with Crippen molar-refractivity contribution in [1.29, 1.82) is 0 Å². The van der Waals surface area contributed by atoms with Gasteiger partial charge in [0.25, 0.3) is 0 Å². The second-order valence-corrected chi connectivity index (χ2v) is 4.95. The van der Waals surface area contributed by atoms with E-state index < -0.39 is 5.97 Å². The number of fused-ring (bicyclic) bond motifs is 1. The lowest BCUT2D eigenvalue weighted by molar-refractivity contribution is 0.0514. The number of rotatable bonds is 5. The molecule has 0 saturated heterocycles. The molecule has 0 aliphatic rings. The van der Waals surface area contributed by atoms with E-state index in [-0.39, 0.29) is 5.69 Å². The van der Waals surface area contributed by atoms with Crippen molar-refractivity contribution < 1.29 is 18.8 Å². The Labute approximate surface area is 138 Å². The fourth-order valence-electron chi connectivity index (χ4n) is 2.26. The summed E-state index contributed by atoms with van der Waals surface area (Å²) in [7, 11) is 1.62. The van der Waals surface area contributed by atoms with E-state index in [4.69, 9.17) is 14.0 Å². The van der Waals surface area contributed by atoms with E-state index in [9.17, 15) is 4.79 Å². The Hall–Kier alpha value is -3.15. The third kappa shape index (κ3) is 3.27. The minimum atomic E-state index is -0.500. The molecule has 0 bridgehead atoms. The summed E-state index contributed by atoms with van der Waals surface area (Å²) in [5.41, 5.74) is 1.97. The van der Waals surface area contributed by atoms with Crippen LogP contribution in [0.3, 0.4) is 0 Å². The fourth-order valence-corrected chi connectivity index (χ4v) is 2.26. The van der Waals surface area contributed by atoms with Crippen molar-refractivity contribution >= 4 is 29.0 Å². The molecule has 6 nitrogen and oxygen atoms in total. The molecule has 0 aliphatic carbocycles. The first-order valence-corrected chi connectivity index (χ1v) is 7.46. The molecule has 0 fully saturated rings. The topological polar surface area (TPSA) is 74.5 Å². The first kappa shape index (κ1) is 15.7. The highest BCUT2D eigenvalue weighted by molar-refractivity contribution is 5.91. The van der Waals surface area contributed by atoms with Crippen LogP contribution in [0.15, 0.2) is 41.1 Å². The van der Waals surface area contributed by atoms with Crippen LogP contribution in [0.4, 0.5) is 0 Å². The van der Waals surface area contributed by atoms with Crippen LogP contribution in [0.1, 0.15) is 28.7 Å². The van der Waals surface area contributed by atoms with Crippen molar-refractivity contribution in [3.05, 3.63) is 53.5 Å². The van der Waals surface area contributed by atoms with Gasteiger partial charge >= 0.3 is 5.97 Å². The molecule has 0 saturated carbocycles. The van der Waals surface area contributed by atoms with Crippen molar-refractivity contribution in [2.24, 2.45) is 0 Å². The molecular weight excluding hydrogens is 308 g/mol. The lowest BCUT2D eigenvalue weighted by Gasteiger charge is -2.04. The van der Waals surface area contributed by atoms with Crippen LogP contribution in [0, 0.1) is 0 Å². The quantitative estimate of drug-likeness (QED) is 0.668. The molecule has 122 valence electrons. The Kier molecular flexibility index (Phi) is 4.56. The van der Waals surface area contributed by atoms with E-state index in [1.54, 1.807) is 32.4 Å². The van der Waals surface area contributed by atoms with E-state index >= 15 is 0 Å². The predicted molar refractivity (Wildman–Crippen MR) is 89.7 cm³/mol. The molecule has 0 spiro atoms. The smallest absolute Gasteiger partial charge is 0.360 e. The van der Waals surface area contributed by atoms with Crippen LogP contribution in [-0.4, -0.2) is 29.8 Å². The number of aromatic nitrogens is 2. The summed E-state index contributed by atoms with van der Waals surface area (Å²) in [6.07, 6.45) is 5.35. The summed E-state index contributed by atoms with van der Waals surface area (Å²) < 4.78 is 15.3. The summed E-state index contributed by atoms with van der Waals surface area (Å²) in [5.74, 6) is 0.723. The standard InChI is InChI=1S/C18H16N2O4/c1-3-23-18(21)17-11-14(24-20-17)5-4-12-8-9-19-16-7-6-13(22-2)10-15(12)16/h4-11H,3H2,1-2H3/b5-4-. The summed E-state index contributed by atoms with van der Waals surface area (Å²) in [6.45, 7) is 2.03. The zero-order valence-corrected chi connectivity index (χ0v) is 13.4. The van der Waals surface area contributed by atoms with Crippen LogP contribution < -0.4 is 4.74 Å². The number of hydrogen-bond acceptors (Lipinski definition) is 6. The maximum Gasteiger partial charge on any atom is 0.360 e. The van der Waals surface area contributed by atoms with Gasteiger partial charge in [0, 0.05) is 17.6 Å². The molecule has 2 aromatic heterocycles. The van der Waals surface area contributed by atoms with Gasteiger partial charge < -0.3 is 14.0 Å². The van der Waals surface area contributed by atoms with Crippen molar-refractivity contribution in [2.45, 2.75) is 6.92 Å². The summed E-state index contributed by atoms with van der Waals surface area (Å²) in [4.78, 5) is 15.9. The van der Waals surface area contributed by atoms with E-state index in [1.165, 1.54) is 0 Å². The number of carbonyl (C=O) groups is 1. The maximum atomic E-state index is 11.6. The van der Waals surface area contributed by atoms with Crippen LogP contribution in [0.5, 0.6) is 5.75 Å². The molecule has 0 atom stereocenters. The van der Waals surface area contributed by atoms with Gasteiger partial charge in [0.15, 0.2) is 11.5 Å². The molecular formula is C18H16N2O4. The Morgan fingerprint density at radius 1 is 1.25 bits per heavy atom. The highest BCUT2D eigenvalue weighted by atomic mass is 16.5. The van der Waals surface area contributed by atoms with Crippen molar-refractivity contribution in [2.75, 3.05) is 13.7 Å². The molecule has 3 rings (SSSR count). The normalized spacial score (nSPS) is 11.1. The van der Waals surface area contributed by atoms with Crippen LogP contribution >= 0.6 is 0 Å². The van der Waals surface area contributed by atoms with Gasteiger partial charge in [-0.1, -0.05) is 11.2 Å². The SMILES string of the molecule is CCOC(=O)c1cc(/C=C\c2ccnc3ccc(OC)cc23)on1. The Morgan fingerprint density at radius 3 is 2.92 bits per heavy atom. The van der Waals surface area contributed by atoms with Gasteiger partial charge in [-0.3, -0.25) is 4.98 Å². The summed E-state index contributed by atoms with van der Waals surface area (Å²) >= 11 is 0. The number of hydrogen-bond donors (Lipinski definition) is 0. The molecule has 0 radical (unpaired) electrons. The highest BCUT2D eigenvalue weighted by Crippen LogP contribution is 2.24. The molecule has 0 unspecified atom stereocenters. The molecule has 24 heavy (non-hydrogen) atoms. The third-order valence-corrected chi connectivity index (χ3v) is 3.42. The second-order valence-electron chi connectivity index (χ2n) is 4.95. The third-order valence-electron chi connectivity index (χ3n) is 3.42. The number of pyridine rings is 1. The van der Waals surface area contributed by atoms with Gasteiger partial charge in [-0.2, -0.15) is 0 Å². The van der Waals surface area contributed by atoms with E-state index in [1.807, 2.05) is 30.3 Å². The van der Waals surface area contributed by atoms with Gasteiger partial charge in [0.05, 0.1) is 19.2 Å². The lowest BCUT2D eigenvalue weighted by Crippen LogP contribution is -2.04. The fraction of sp³-hybridized carbons (Fsp3) is 0.167. The van der Waals surface area contributed by atoms with Gasteiger partial charge in [0.1, 0.15) is 5.75 Å². The molecule has 1 aromatic carbocycles. The monoisotopic (exact) mass is 324 g/mol. The number of methoxy groups -OCH3 is 1. The predicted octanol–water partition coefficient (Wildman–Crippen LogP) is 3.58. The van der Waals surface area contributed by atoms with Crippen LogP contribution in [-0.2, 0) is 4.74 Å². The van der Waals surface area contributed by atoms with Crippen molar-refractivity contribution in [3.63, 3.8) is 0 Å². The number of benzene rings is 1. The van der Waals surface area contributed by atoms with Crippen LogP contribution in [0.2, 0.25) is 0 Å². The number of esters is 1. The molecule has 0 aliphatic heterocycles.